The highest BCUT2D eigenvalue weighted by molar-refractivity contribution is 7.13. The predicted molar refractivity (Wildman–Crippen MR) is 145 cm³/mol. The minimum atomic E-state index is 0.366. The molecule has 6 rings (SSSR count). The van der Waals surface area contributed by atoms with E-state index in [1.165, 1.54) is 0 Å². The Hall–Kier alpha value is -3.63. The van der Waals surface area contributed by atoms with E-state index < -0.39 is 0 Å². The predicted octanol–water partition coefficient (Wildman–Crippen LogP) is 5.03. The summed E-state index contributed by atoms with van der Waals surface area (Å²) in [5, 5.41) is 8.49. The normalized spacial score (nSPS) is 14.8. The van der Waals surface area contributed by atoms with Crippen LogP contribution in [0, 0.1) is 6.92 Å². The van der Waals surface area contributed by atoms with Crippen LogP contribution < -0.4 is 14.4 Å². The molecule has 0 aliphatic carbocycles. The van der Waals surface area contributed by atoms with Gasteiger partial charge in [-0.2, -0.15) is 5.10 Å². The van der Waals surface area contributed by atoms with Crippen LogP contribution in [-0.4, -0.2) is 64.8 Å². The fourth-order valence-electron chi connectivity index (χ4n) is 4.78. The molecule has 0 spiro atoms. The van der Waals surface area contributed by atoms with Crippen molar-refractivity contribution in [2.75, 3.05) is 39.2 Å². The highest BCUT2D eigenvalue weighted by Gasteiger charge is 2.23. The second-order valence-electron chi connectivity index (χ2n) is 9.64. The summed E-state index contributed by atoms with van der Waals surface area (Å²) in [6, 6.07) is 10.2. The largest absolute Gasteiger partial charge is 0.496 e. The lowest BCUT2D eigenvalue weighted by atomic mass is 10.0. The van der Waals surface area contributed by atoms with Gasteiger partial charge in [-0.3, -0.25) is 0 Å². The maximum Gasteiger partial charge on any atom is 0.185 e. The Balaban J connectivity index is 1.22. The SMILES string of the molecule is COc1cc(OCc2csc(N3CCC(N(C)C)CC3)n2)c2cc(-c3cn4nc(C)ccc4n3)oc2c1. The Kier molecular flexibility index (Phi) is 6.21. The van der Waals surface area contributed by atoms with Gasteiger partial charge >= 0.3 is 0 Å². The minimum absolute atomic E-state index is 0.366. The molecule has 192 valence electrons. The summed E-state index contributed by atoms with van der Waals surface area (Å²) < 4.78 is 19.7. The summed E-state index contributed by atoms with van der Waals surface area (Å²) in [5.41, 5.74) is 3.98. The Morgan fingerprint density at radius 1 is 1.14 bits per heavy atom. The smallest absolute Gasteiger partial charge is 0.185 e. The monoisotopic (exact) mass is 518 g/mol. The first-order valence-electron chi connectivity index (χ1n) is 12.4. The number of methoxy groups -OCH3 is 1. The van der Waals surface area contributed by atoms with Gasteiger partial charge in [0, 0.05) is 36.6 Å². The average Bonchev–Trinajstić information content (AvgIpc) is 3.64. The van der Waals surface area contributed by atoms with Gasteiger partial charge in [0.2, 0.25) is 0 Å². The highest BCUT2D eigenvalue weighted by Crippen LogP contribution is 2.37. The van der Waals surface area contributed by atoms with Crippen molar-refractivity contribution in [3.05, 3.63) is 53.3 Å². The number of hydrogen-bond acceptors (Lipinski definition) is 9. The fraction of sp³-hybridized carbons (Fsp3) is 0.370. The lowest BCUT2D eigenvalue weighted by molar-refractivity contribution is 0.249. The summed E-state index contributed by atoms with van der Waals surface area (Å²) in [6.07, 6.45) is 4.19. The van der Waals surface area contributed by atoms with Crippen LogP contribution >= 0.6 is 11.3 Å². The number of fused-ring (bicyclic) bond motifs is 2. The topological polar surface area (TPSA) is 81.2 Å². The van der Waals surface area contributed by atoms with Gasteiger partial charge in [0.1, 0.15) is 29.4 Å². The minimum Gasteiger partial charge on any atom is -0.496 e. The van der Waals surface area contributed by atoms with Crippen molar-refractivity contribution in [3.8, 4) is 23.0 Å². The van der Waals surface area contributed by atoms with E-state index in [1.807, 2.05) is 43.5 Å². The molecule has 5 aromatic rings. The molecule has 1 aromatic carbocycles. The molecule has 0 amide bonds. The standard InChI is InChI=1S/C27H30N6O3S/c1-17-5-6-26-29-22(14-33(26)30-17)25-13-21-23(11-20(34-4)12-24(21)36-25)35-15-18-16-37-27(28-18)32-9-7-19(8-10-32)31(2)3/h5-6,11-14,16,19H,7-10,15H2,1-4H3. The van der Waals surface area contributed by atoms with Crippen LogP contribution in [-0.2, 0) is 6.61 Å². The molecule has 4 aromatic heterocycles. The van der Waals surface area contributed by atoms with Crippen molar-refractivity contribution in [1.82, 2.24) is 24.5 Å². The van der Waals surface area contributed by atoms with Crippen molar-refractivity contribution in [2.24, 2.45) is 0 Å². The fourth-order valence-corrected chi connectivity index (χ4v) is 5.64. The van der Waals surface area contributed by atoms with Crippen LogP contribution in [0.5, 0.6) is 11.5 Å². The Labute approximate surface area is 219 Å². The summed E-state index contributed by atoms with van der Waals surface area (Å²) in [7, 11) is 5.96. The van der Waals surface area contributed by atoms with Crippen molar-refractivity contribution in [3.63, 3.8) is 0 Å². The molecule has 1 fully saturated rings. The third kappa shape index (κ3) is 4.74. The van der Waals surface area contributed by atoms with E-state index in [9.17, 15) is 0 Å². The lowest BCUT2D eigenvalue weighted by Gasteiger charge is -2.35. The van der Waals surface area contributed by atoms with Gasteiger partial charge in [-0.05, 0) is 52.1 Å². The molecule has 0 N–H and O–H groups in total. The number of piperidine rings is 1. The molecule has 0 saturated carbocycles. The number of anilines is 1. The van der Waals surface area contributed by atoms with Crippen LogP contribution in [0.25, 0.3) is 28.1 Å². The van der Waals surface area contributed by atoms with Gasteiger partial charge in [-0.15, -0.1) is 11.3 Å². The lowest BCUT2D eigenvalue weighted by Crippen LogP contribution is -2.41. The number of aryl methyl sites for hydroxylation is 1. The molecule has 0 atom stereocenters. The van der Waals surface area contributed by atoms with Crippen molar-refractivity contribution in [2.45, 2.75) is 32.4 Å². The summed E-state index contributed by atoms with van der Waals surface area (Å²) in [4.78, 5) is 14.2. The molecule has 9 nitrogen and oxygen atoms in total. The molecule has 5 heterocycles. The molecule has 0 unspecified atom stereocenters. The van der Waals surface area contributed by atoms with Crippen LogP contribution in [0.3, 0.4) is 0 Å². The first-order chi connectivity index (χ1) is 18.0. The number of nitrogens with zero attached hydrogens (tertiary/aromatic N) is 6. The number of aromatic nitrogens is 4. The van der Waals surface area contributed by atoms with Gasteiger partial charge in [-0.1, -0.05) is 0 Å². The zero-order chi connectivity index (χ0) is 25.5. The molecule has 0 radical (unpaired) electrons. The third-order valence-electron chi connectivity index (χ3n) is 6.89. The number of imidazole rings is 1. The molecular weight excluding hydrogens is 488 g/mol. The van der Waals surface area contributed by atoms with E-state index in [4.69, 9.17) is 18.9 Å². The first-order valence-corrected chi connectivity index (χ1v) is 13.3. The summed E-state index contributed by atoms with van der Waals surface area (Å²) >= 11 is 1.68. The molecule has 1 aliphatic rings. The van der Waals surface area contributed by atoms with Crippen LogP contribution in [0.15, 0.2) is 46.3 Å². The summed E-state index contributed by atoms with van der Waals surface area (Å²) in [5.74, 6) is 2.00. The van der Waals surface area contributed by atoms with E-state index in [0.29, 0.717) is 41.2 Å². The molecular formula is C27H30N6O3S. The quantitative estimate of drug-likeness (QED) is 0.297. The molecule has 37 heavy (non-hydrogen) atoms. The number of benzene rings is 1. The van der Waals surface area contributed by atoms with Crippen molar-refractivity contribution >= 4 is 33.1 Å². The highest BCUT2D eigenvalue weighted by atomic mass is 32.1. The summed E-state index contributed by atoms with van der Waals surface area (Å²) in [6.45, 7) is 4.38. The average molecular weight is 519 g/mol. The van der Waals surface area contributed by atoms with E-state index in [1.54, 1.807) is 23.0 Å². The van der Waals surface area contributed by atoms with Gasteiger partial charge in [0.05, 0.1) is 30.1 Å². The van der Waals surface area contributed by atoms with Crippen molar-refractivity contribution < 1.29 is 13.9 Å². The number of rotatable bonds is 7. The Morgan fingerprint density at radius 3 is 2.76 bits per heavy atom. The van der Waals surface area contributed by atoms with E-state index in [0.717, 1.165) is 53.5 Å². The van der Waals surface area contributed by atoms with E-state index in [2.05, 4.69) is 39.4 Å². The van der Waals surface area contributed by atoms with Gasteiger partial charge in [-0.25, -0.2) is 14.5 Å². The first kappa shape index (κ1) is 23.7. The number of hydrogen-bond donors (Lipinski definition) is 0. The zero-order valence-electron chi connectivity index (χ0n) is 21.5. The molecule has 10 heteroatoms. The van der Waals surface area contributed by atoms with Gasteiger partial charge in [0.25, 0.3) is 0 Å². The molecule has 1 aliphatic heterocycles. The van der Waals surface area contributed by atoms with Crippen molar-refractivity contribution in [1.29, 1.82) is 0 Å². The molecule has 1 saturated heterocycles. The number of ether oxygens (including phenoxy) is 2. The van der Waals surface area contributed by atoms with Gasteiger partial charge < -0.3 is 23.7 Å². The Morgan fingerprint density at radius 2 is 1.97 bits per heavy atom. The van der Waals surface area contributed by atoms with E-state index in [-0.39, 0.29) is 0 Å². The van der Waals surface area contributed by atoms with Crippen LogP contribution in [0.1, 0.15) is 24.2 Å². The van der Waals surface area contributed by atoms with Crippen LogP contribution in [0.2, 0.25) is 0 Å². The third-order valence-corrected chi connectivity index (χ3v) is 7.85. The van der Waals surface area contributed by atoms with Crippen LogP contribution in [0.4, 0.5) is 5.13 Å². The maximum atomic E-state index is 6.26. The number of thiazole rings is 1. The second-order valence-corrected chi connectivity index (χ2v) is 10.5. The zero-order valence-corrected chi connectivity index (χ0v) is 22.3. The Bertz CT molecular complexity index is 1550. The van der Waals surface area contributed by atoms with E-state index >= 15 is 0 Å². The maximum absolute atomic E-state index is 6.26. The van der Waals surface area contributed by atoms with Gasteiger partial charge in [0.15, 0.2) is 16.5 Å². The number of furan rings is 1. The second kappa shape index (κ2) is 9.68. The molecule has 0 bridgehead atoms.